The molecule has 1 fully saturated rings. The van der Waals surface area contributed by atoms with Crippen molar-refractivity contribution in [2.24, 2.45) is 7.05 Å². The van der Waals surface area contributed by atoms with Crippen molar-refractivity contribution in [2.75, 3.05) is 6.61 Å². The molecule has 22 heavy (non-hydrogen) atoms. The average Bonchev–Trinajstić information content (AvgIpc) is 2.69. The van der Waals surface area contributed by atoms with Gasteiger partial charge in [-0.25, -0.2) is 0 Å². The number of rotatable bonds is 4. The number of aryl methyl sites for hydroxylation is 2. The Balaban J connectivity index is 1.52. The van der Waals surface area contributed by atoms with Gasteiger partial charge in [-0.1, -0.05) is 25.7 Å². The van der Waals surface area contributed by atoms with Gasteiger partial charge in [-0.15, -0.1) is 0 Å². The molecule has 2 aliphatic rings. The van der Waals surface area contributed by atoms with Crippen LogP contribution in [-0.4, -0.2) is 28.3 Å². The van der Waals surface area contributed by atoms with Gasteiger partial charge in [0.15, 0.2) is 0 Å². The van der Waals surface area contributed by atoms with Crippen molar-refractivity contribution in [1.29, 1.82) is 0 Å². The summed E-state index contributed by atoms with van der Waals surface area (Å²) in [5.41, 5.74) is 3.51. The summed E-state index contributed by atoms with van der Waals surface area (Å²) in [6.45, 7) is 1.41. The maximum atomic E-state index is 12.2. The molecule has 3 rings (SSSR count). The van der Waals surface area contributed by atoms with E-state index in [0.29, 0.717) is 25.5 Å². The van der Waals surface area contributed by atoms with E-state index >= 15 is 0 Å². The van der Waals surface area contributed by atoms with E-state index in [2.05, 4.69) is 10.4 Å². The van der Waals surface area contributed by atoms with E-state index in [1.54, 1.807) is 0 Å². The summed E-state index contributed by atoms with van der Waals surface area (Å²) in [4.78, 5) is 12.2. The SMILES string of the molecule is Cn1nc(CCC(=O)NC2CCCCCC2)c2c1CCOC2. The molecule has 1 amide bonds. The molecule has 1 aliphatic heterocycles. The van der Waals surface area contributed by atoms with Gasteiger partial charge in [0.25, 0.3) is 0 Å². The van der Waals surface area contributed by atoms with Crippen molar-refractivity contribution in [3.8, 4) is 0 Å². The molecule has 1 aromatic rings. The van der Waals surface area contributed by atoms with Crippen LogP contribution in [0, 0.1) is 0 Å². The van der Waals surface area contributed by atoms with Crippen molar-refractivity contribution >= 4 is 5.91 Å². The minimum Gasteiger partial charge on any atom is -0.376 e. The van der Waals surface area contributed by atoms with Crippen LogP contribution < -0.4 is 5.32 Å². The maximum Gasteiger partial charge on any atom is 0.220 e. The Kier molecular flexibility index (Phi) is 5.13. The van der Waals surface area contributed by atoms with Crippen molar-refractivity contribution in [3.05, 3.63) is 17.0 Å². The van der Waals surface area contributed by atoms with E-state index < -0.39 is 0 Å². The van der Waals surface area contributed by atoms with Crippen molar-refractivity contribution < 1.29 is 9.53 Å². The third-order valence-electron chi connectivity index (χ3n) is 4.90. The van der Waals surface area contributed by atoms with E-state index in [1.165, 1.54) is 36.9 Å². The van der Waals surface area contributed by atoms with Gasteiger partial charge in [-0.05, 0) is 12.8 Å². The lowest BCUT2D eigenvalue weighted by molar-refractivity contribution is -0.121. The van der Waals surface area contributed by atoms with Crippen molar-refractivity contribution in [1.82, 2.24) is 15.1 Å². The number of carbonyl (C=O) groups excluding carboxylic acids is 1. The lowest BCUT2D eigenvalue weighted by Gasteiger charge is -2.16. The standard InChI is InChI=1S/C17H27N3O2/c1-20-16-10-11-22-12-14(16)15(19-20)8-9-17(21)18-13-6-4-2-3-5-7-13/h13H,2-12H2,1H3,(H,18,21). The molecule has 5 nitrogen and oxygen atoms in total. The van der Waals surface area contributed by atoms with Gasteiger partial charge in [0.05, 0.1) is 18.9 Å². The molecule has 0 saturated heterocycles. The Hall–Kier alpha value is -1.36. The topological polar surface area (TPSA) is 56.2 Å². The molecule has 2 heterocycles. The molecule has 0 aromatic carbocycles. The molecule has 1 aliphatic carbocycles. The van der Waals surface area contributed by atoms with Crippen LogP contribution in [0.4, 0.5) is 0 Å². The number of ether oxygens (including phenoxy) is 1. The Morgan fingerprint density at radius 2 is 2.09 bits per heavy atom. The minimum atomic E-state index is 0.169. The van der Waals surface area contributed by atoms with E-state index in [9.17, 15) is 4.79 Å². The number of hydrogen-bond acceptors (Lipinski definition) is 3. The molecule has 0 radical (unpaired) electrons. The summed E-state index contributed by atoms with van der Waals surface area (Å²) in [7, 11) is 1.99. The number of nitrogens with zero attached hydrogens (tertiary/aromatic N) is 2. The lowest BCUT2D eigenvalue weighted by Crippen LogP contribution is -2.34. The molecule has 1 aromatic heterocycles. The first-order valence-electron chi connectivity index (χ1n) is 8.65. The first-order valence-corrected chi connectivity index (χ1v) is 8.65. The number of carbonyl (C=O) groups is 1. The highest BCUT2D eigenvalue weighted by Crippen LogP contribution is 2.21. The Labute approximate surface area is 132 Å². The molecule has 0 spiro atoms. The summed E-state index contributed by atoms with van der Waals surface area (Å²) in [5.74, 6) is 0.169. The highest BCUT2D eigenvalue weighted by atomic mass is 16.5. The molecule has 5 heteroatoms. The Morgan fingerprint density at radius 3 is 2.86 bits per heavy atom. The highest BCUT2D eigenvalue weighted by Gasteiger charge is 2.21. The van der Waals surface area contributed by atoms with Gasteiger partial charge >= 0.3 is 0 Å². The van der Waals surface area contributed by atoms with Crippen LogP contribution in [0.15, 0.2) is 0 Å². The predicted molar refractivity (Wildman–Crippen MR) is 84.5 cm³/mol. The van der Waals surface area contributed by atoms with Crippen LogP contribution in [0.5, 0.6) is 0 Å². The van der Waals surface area contributed by atoms with Gasteiger partial charge < -0.3 is 10.1 Å². The molecular formula is C17H27N3O2. The molecular weight excluding hydrogens is 278 g/mol. The second-order valence-corrected chi connectivity index (χ2v) is 6.55. The average molecular weight is 305 g/mol. The number of nitrogens with one attached hydrogen (secondary N) is 1. The fourth-order valence-corrected chi connectivity index (χ4v) is 3.64. The molecule has 0 bridgehead atoms. The summed E-state index contributed by atoms with van der Waals surface area (Å²) in [6, 6.07) is 0.385. The number of hydrogen-bond donors (Lipinski definition) is 1. The summed E-state index contributed by atoms with van der Waals surface area (Å²) >= 11 is 0. The van der Waals surface area contributed by atoms with E-state index in [0.717, 1.165) is 31.6 Å². The van der Waals surface area contributed by atoms with Crippen LogP contribution in [0.1, 0.15) is 61.9 Å². The smallest absolute Gasteiger partial charge is 0.220 e. The second kappa shape index (κ2) is 7.27. The molecule has 1 saturated carbocycles. The fourth-order valence-electron chi connectivity index (χ4n) is 3.64. The molecule has 0 atom stereocenters. The zero-order valence-corrected chi connectivity index (χ0v) is 13.6. The van der Waals surface area contributed by atoms with Crippen LogP contribution in [0.2, 0.25) is 0 Å². The zero-order chi connectivity index (χ0) is 15.4. The largest absolute Gasteiger partial charge is 0.376 e. The minimum absolute atomic E-state index is 0.169. The van der Waals surface area contributed by atoms with Crippen LogP contribution in [0.3, 0.4) is 0 Å². The van der Waals surface area contributed by atoms with Gasteiger partial charge in [0.1, 0.15) is 0 Å². The van der Waals surface area contributed by atoms with Crippen LogP contribution >= 0.6 is 0 Å². The van der Waals surface area contributed by atoms with Crippen LogP contribution in [-0.2, 0) is 36.0 Å². The summed E-state index contributed by atoms with van der Waals surface area (Å²) in [6.07, 6.45) is 9.56. The van der Waals surface area contributed by atoms with E-state index in [1.807, 2.05) is 11.7 Å². The first-order chi connectivity index (χ1) is 10.7. The monoisotopic (exact) mass is 305 g/mol. The third-order valence-corrected chi connectivity index (χ3v) is 4.90. The zero-order valence-electron chi connectivity index (χ0n) is 13.6. The fraction of sp³-hybridized carbons (Fsp3) is 0.765. The number of fused-ring (bicyclic) bond motifs is 1. The highest BCUT2D eigenvalue weighted by molar-refractivity contribution is 5.76. The summed E-state index contributed by atoms with van der Waals surface area (Å²) in [5, 5.41) is 7.79. The Morgan fingerprint density at radius 1 is 1.32 bits per heavy atom. The summed E-state index contributed by atoms with van der Waals surface area (Å²) < 4.78 is 7.49. The van der Waals surface area contributed by atoms with E-state index in [-0.39, 0.29) is 5.91 Å². The van der Waals surface area contributed by atoms with E-state index in [4.69, 9.17) is 4.74 Å². The van der Waals surface area contributed by atoms with Gasteiger partial charge in [-0.3, -0.25) is 9.48 Å². The predicted octanol–water partition coefficient (Wildman–Crippen LogP) is 2.26. The lowest BCUT2D eigenvalue weighted by atomic mass is 10.1. The molecule has 1 N–H and O–H groups in total. The first kappa shape index (κ1) is 15.5. The second-order valence-electron chi connectivity index (χ2n) is 6.55. The molecule has 0 unspecified atom stereocenters. The number of aromatic nitrogens is 2. The quantitative estimate of drug-likeness (QED) is 0.868. The van der Waals surface area contributed by atoms with Gasteiger partial charge in [0, 0.05) is 43.6 Å². The maximum absolute atomic E-state index is 12.2. The normalized spacial score (nSPS) is 19.5. The third kappa shape index (κ3) is 3.69. The Bertz CT molecular complexity index is 516. The van der Waals surface area contributed by atoms with Crippen molar-refractivity contribution in [2.45, 2.75) is 70.4 Å². The van der Waals surface area contributed by atoms with Gasteiger partial charge in [-0.2, -0.15) is 5.10 Å². The van der Waals surface area contributed by atoms with Crippen LogP contribution in [0.25, 0.3) is 0 Å². The van der Waals surface area contributed by atoms with Gasteiger partial charge in [0.2, 0.25) is 5.91 Å². The molecule has 122 valence electrons. The number of amides is 1. The van der Waals surface area contributed by atoms with Crippen molar-refractivity contribution in [3.63, 3.8) is 0 Å².